The van der Waals surface area contributed by atoms with Crippen LogP contribution in [0.5, 0.6) is 10.8 Å². The van der Waals surface area contributed by atoms with Crippen molar-refractivity contribution < 1.29 is 9.66 Å². The number of nitrogens with zero attached hydrogens (tertiary/aromatic N) is 1. The van der Waals surface area contributed by atoms with E-state index in [4.69, 9.17) is 27.9 Å². The van der Waals surface area contributed by atoms with Crippen LogP contribution < -0.4 is 4.74 Å². The predicted molar refractivity (Wildman–Crippen MR) is 67.5 cm³/mol. The molecule has 0 saturated carbocycles. The predicted octanol–water partition coefficient (Wildman–Crippen LogP) is 4.76. The molecule has 17 heavy (non-hydrogen) atoms. The Labute approximate surface area is 111 Å². The Morgan fingerprint density at radius 2 is 2.06 bits per heavy atom. The number of hydrogen-bond acceptors (Lipinski definition) is 4. The summed E-state index contributed by atoms with van der Waals surface area (Å²) in [6, 6.07) is 6.05. The number of nitro groups is 1. The highest BCUT2D eigenvalue weighted by Gasteiger charge is 2.18. The molecular weight excluding hydrogens is 285 g/mol. The fourth-order valence-electron chi connectivity index (χ4n) is 1.16. The van der Waals surface area contributed by atoms with E-state index in [0.717, 1.165) is 11.3 Å². The van der Waals surface area contributed by atoms with Gasteiger partial charge in [-0.05, 0) is 18.2 Å². The van der Waals surface area contributed by atoms with E-state index in [-0.39, 0.29) is 10.8 Å². The fraction of sp³-hybridized carbons (Fsp3) is 0. The van der Waals surface area contributed by atoms with E-state index in [1.54, 1.807) is 17.5 Å². The van der Waals surface area contributed by atoms with Gasteiger partial charge in [0.25, 0.3) is 5.06 Å². The average molecular weight is 290 g/mol. The first-order chi connectivity index (χ1) is 8.08. The highest BCUT2D eigenvalue weighted by Crippen LogP contribution is 2.39. The van der Waals surface area contributed by atoms with Crippen LogP contribution in [0, 0.1) is 10.1 Å². The smallest absolute Gasteiger partial charge is 0.322 e. The molecule has 88 valence electrons. The van der Waals surface area contributed by atoms with E-state index >= 15 is 0 Å². The number of rotatable bonds is 3. The monoisotopic (exact) mass is 289 g/mol. The summed E-state index contributed by atoms with van der Waals surface area (Å²) in [6.45, 7) is 0. The maximum Gasteiger partial charge on any atom is 0.322 e. The number of hydrogen-bond donors (Lipinski definition) is 0. The first-order valence-corrected chi connectivity index (χ1v) is 6.06. The van der Waals surface area contributed by atoms with Crippen molar-refractivity contribution in [1.29, 1.82) is 0 Å². The van der Waals surface area contributed by atoms with Gasteiger partial charge in [0.2, 0.25) is 0 Å². The first kappa shape index (κ1) is 12.2. The van der Waals surface area contributed by atoms with Crippen molar-refractivity contribution >= 4 is 40.2 Å². The van der Waals surface area contributed by atoms with Crippen LogP contribution in [-0.2, 0) is 0 Å². The Balaban J connectivity index is 2.31. The third-order valence-electron chi connectivity index (χ3n) is 1.90. The lowest BCUT2D eigenvalue weighted by Gasteiger charge is -2.04. The summed E-state index contributed by atoms with van der Waals surface area (Å²) in [7, 11) is 0. The van der Waals surface area contributed by atoms with Crippen molar-refractivity contribution in [3.8, 4) is 10.8 Å². The Kier molecular flexibility index (Phi) is 3.51. The molecule has 1 heterocycles. The molecule has 0 bridgehead atoms. The molecule has 1 aromatic heterocycles. The van der Waals surface area contributed by atoms with Gasteiger partial charge in [-0.1, -0.05) is 23.2 Å². The topological polar surface area (TPSA) is 52.4 Å². The maximum atomic E-state index is 10.7. The molecule has 0 fully saturated rings. The van der Waals surface area contributed by atoms with Gasteiger partial charge in [-0.25, -0.2) is 0 Å². The third-order valence-corrected chi connectivity index (χ3v) is 3.21. The van der Waals surface area contributed by atoms with Crippen molar-refractivity contribution in [2.24, 2.45) is 0 Å². The minimum Gasteiger partial charge on any atom is -0.438 e. The molecule has 0 unspecified atom stereocenters. The maximum absolute atomic E-state index is 10.7. The van der Waals surface area contributed by atoms with Crippen LogP contribution in [-0.4, -0.2) is 4.92 Å². The molecule has 0 amide bonds. The number of benzene rings is 1. The molecule has 1 aromatic carbocycles. The Morgan fingerprint density at radius 3 is 2.71 bits per heavy atom. The second-order valence-electron chi connectivity index (χ2n) is 3.03. The number of ether oxygens (including phenoxy) is 1. The largest absolute Gasteiger partial charge is 0.438 e. The summed E-state index contributed by atoms with van der Waals surface area (Å²) in [5, 5.41) is 13.2. The summed E-state index contributed by atoms with van der Waals surface area (Å²) in [6.07, 6.45) is 0. The lowest BCUT2D eigenvalue weighted by molar-refractivity contribution is -0.385. The molecule has 0 N–H and O–H groups in total. The zero-order chi connectivity index (χ0) is 12.4. The average Bonchev–Trinajstić information content (AvgIpc) is 2.70. The third kappa shape index (κ3) is 2.69. The van der Waals surface area contributed by atoms with Gasteiger partial charge in [0.05, 0.1) is 9.95 Å². The molecule has 2 rings (SSSR count). The van der Waals surface area contributed by atoms with E-state index in [0.29, 0.717) is 15.8 Å². The number of halogens is 2. The van der Waals surface area contributed by atoms with E-state index in [1.165, 1.54) is 12.1 Å². The van der Waals surface area contributed by atoms with Gasteiger partial charge >= 0.3 is 5.69 Å². The lowest BCUT2D eigenvalue weighted by Crippen LogP contribution is -1.89. The molecule has 0 aliphatic carbocycles. The van der Waals surface area contributed by atoms with Crippen LogP contribution in [0.25, 0.3) is 0 Å². The summed E-state index contributed by atoms with van der Waals surface area (Å²) >= 11 is 12.8. The SMILES string of the molecule is O=[N+]([O-])c1ccsc1Oc1ccc(Cl)cc1Cl. The molecule has 0 spiro atoms. The van der Waals surface area contributed by atoms with Gasteiger partial charge in [-0.2, -0.15) is 0 Å². The molecule has 0 aliphatic rings. The van der Waals surface area contributed by atoms with E-state index in [9.17, 15) is 10.1 Å². The van der Waals surface area contributed by atoms with Gasteiger partial charge in [0.15, 0.2) is 0 Å². The normalized spacial score (nSPS) is 10.2. The molecule has 0 aliphatic heterocycles. The summed E-state index contributed by atoms with van der Waals surface area (Å²) in [4.78, 5) is 10.2. The molecule has 0 atom stereocenters. The zero-order valence-electron chi connectivity index (χ0n) is 8.22. The van der Waals surface area contributed by atoms with Crippen LogP contribution in [0.1, 0.15) is 0 Å². The van der Waals surface area contributed by atoms with Crippen LogP contribution >= 0.6 is 34.5 Å². The second kappa shape index (κ2) is 4.91. The quantitative estimate of drug-likeness (QED) is 0.605. The molecule has 7 heteroatoms. The van der Waals surface area contributed by atoms with Crippen LogP contribution in [0.15, 0.2) is 29.6 Å². The summed E-state index contributed by atoms with van der Waals surface area (Å²) < 4.78 is 5.38. The molecule has 0 saturated heterocycles. The fourth-order valence-corrected chi connectivity index (χ4v) is 2.33. The Hall–Kier alpha value is -1.30. The minimum absolute atomic E-state index is 0.0824. The molecule has 4 nitrogen and oxygen atoms in total. The lowest BCUT2D eigenvalue weighted by atomic mass is 10.3. The first-order valence-electron chi connectivity index (χ1n) is 4.42. The van der Waals surface area contributed by atoms with Gasteiger partial charge in [0, 0.05) is 16.5 Å². The molecule has 0 radical (unpaired) electrons. The van der Waals surface area contributed by atoms with Crippen molar-refractivity contribution in [2.45, 2.75) is 0 Å². The summed E-state index contributed by atoms with van der Waals surface area (Å²) in [5.74, 6) is 0.335. The highest BCUT2D eigenvalue weighted by molar-refractivity contribution is 7.12. The van der Waals surface area contributed by atoms with Crippen molar-refractivity contribution in [2.75, 3.05) is 0 Å². The highest BCUT2D eigenvalue weighted by atomic mass is 35.5. The standard InChI is InChI=1S/C10H5Cl2NO3S/c11-6-1-2-9(7(12)5-6)16-10-8(13(14)15)3-4-17-10/h1-5H. The van der Waals surface area contributed by atoms with E-state index in [2.05, 4.69) is 0 Å². The van der Waals surface area contributed by atoms with Crippen molar-refractivity contribution in [3.05, 3.63) is 49.8 Å². The Bertz CT molecular complexity index is 570. The van der Waals surface area contributed by atoms with Crippen LogP contribution in [0.2, 0.25) is 10.0 Å². The van der Waals surface area contributed by atoms with Gasteiger partial charge < -0.3 is 4.74 Å². The number of thiophene rings is 1. The Morgan fingerprint density at radius 1 is 1.29 bits per heavy atom. The zero-order valence-corrected chi connectivity index (χ0v) is 10.6. The van der Waals surface area contributed by atoms with Gasteiger partial charge in [0.1, 0.15) is 5.75 Å². The van der Waals surface area contributed by atoms with Crippen LogP contribution in [0.3, 0.4) is 0 Å². The van der Waals surface area contributed by atoms with E-state index < -0.39 is 4.92 Å². The molecular formula is C10H5Cl2NO3S. The molecule has 2 aromatic rings. The van der Waals surface area contributed by atoms with Crippen LogP contribution in [0.4, 0.5) is 5.69 Å². The minimum atomic E-state index is -0.504. The van der Waals surface area contributed by atoms with Crippen molar-refractivity contribution in [3.63, 3.8) is 0 Å². The van der Waals surface area contributed by atoms with Crippen molar-refractivity contribution in [1.82, 2.24) is 0 Å². The second-order valence-corrected chi connectivity index (χ2v) is 4.75. The van der Waals surface area contributed by atoms with Gasteiger partial charge in [-0.3, -0.25) is 10.1 Å². The van der Waals surface area contributed by atoms with E-state index in [1.807, 2.05) is 0 Å². The summed E-state index contributed by atoms with van der Waals surface area (Å²) in [5.41, 5.74) is -0.0824. The van der Waals surface area contributed by atoms with Gasteiger partial charge in [-0.15, -0.1) is 11.3 Å².